The molecule has 3 aliphatic rings. The van der Waals surface area contributed by atoms with Crippen LogP contribution < -0.4 is 4.90 Å². The fourth-order valence-corrected chi connectivity index (χ4v) is 5.73. The number of carbonyl (C=O) groups is 1. The number of benzene rings is 1. The van der Waals surface area contributed by atoms with E-state index in [9.17, 15) is 4.79 Å². The van der Waals surface area contributed by atoms with Gasteiger partial charge in [0.25, 0.3) is 5.91 Å². The van der Waals surface area contributed by atoms with Crippen LogP contribution >= 0.6 is 11.3 Å². The van der Waals surface area contributed by atoms with E-state index in [2.05, 4.69) is 23.1 Å². The molecule has 30 heavy (non-hydrogen) atoms. The lowest BCUT2D eigenvalue weighted by molar-refractivity contribution is -0.100. The first-order valence-electron chi connectivity index (χ1n) is 10.9. The van der Waals surface area contributed by atoms with Crippen molar-refractivity contribution in [1.82, 2.24) is 4.90 Å². The molecule has 5 rings (SSSR count). The van der Waals surface area contributed by atoms with E-state index in [0.717, 1.165) is 73.1 Å². The van der Waals surface area contributed by atoms with E-state index in [1.165, 1.54) is 0 Å². The number of thiophene rings is 1. The minimum absolute atomic E-state index is 0.00265. The van der Waals surface area contributed by atoms with Gasteiger partial charge in [0.05, 0.1) is 42.3 Å². The van der Waals surface area contributed by atoms with E-state index in [4.69, 9.17) is 14.2 Å². The van der Waals surface area contributed by atoms with Crippen LogP contribution in [0.25, 0.3) is 11.1 Å². The third kappa shape index (κ3) is 3.99. The van der Waals surface area contributed by atoms with Gasteiger partial charge in [0.15, 0.2) is 6.29 Å². The van der Waals surface area contributed by atoms with E-state index in [-0.39, 0.29) is 18.2 Å². The number of nitrogens with zero attached hydrogens (tertiary/aromatic N) is 2. The minimum Gasteiger partial charge on any atom is -0.378 e. The Morgan fingerprint density at radius 3 is 2.50 bits per heavy atom. The molecule has 1 unspecified atom stereocenters. The summed E-state index contributed by atoms with van der Waals surface area (Å²) in [5, 5.41) is 1.16. The van der Waals surface area contributed by atoms with Gasteiger partial charge in [0, 0.05) is 25.2 Å². The third-order valence-electron chi connectivity index (χ3n) is 6.08. The molecule has 7 heteroatoms. The van der Waals surface area contributed by atoms with Gasteiger partial charge in [-0.05, 0) is 30.9 Å². The Hall–Kier alpha value is -1.93. The number of ether oxygens (including phenoxy) is 3. The standard InChI is InChI=1S/C23H28N2O4S/c26-21(25-9-5-4-8-19(25)23-28-14-15-29-23)20-16-18(17-6-2-1-3-7-17)22(30-20)24-10-12-27-13-11-24/h1-3,6-7,16,19,23H,4-5,8-15H2. The molecule has 1 aromatic heterocycles. The number of hydrogen-bond donors (Lipinski definition) is 0. The molecule has 0 saturated carbocycles. The van der Waals surface area contributed by atoms with Crippen LogP contribution in [-0.4, -0.2) is 69.2 Å². The number of carbonyl (C=O) groups excluding carboxylic acids is 1. The number of piperidine rings is 1. The predicted octanol–water partition coefficient (Wildman–Crippen LogP) is 3.62. The number of rotatable bonds is 4. The minimum atomic E-state index is -0.290. The van der Waals surface area contributed by atoms with Crippen molar-refractivity contribution in [3.05, 3.63) is 41.3 Å². The zero-order valence-electron chi connectivity index (χ0n) is 17.1. The fourth-order valence-electron chi connectivity index (χ4n) is 4.55. The Balaban J connectivity index is 1.47. The first kappa shape index (κ1) is 20.0. The lowest BCUT2D eigenvalue weighted by Crippen LogP contribution is -2.50. The first-order valence-corrected chi connectivity index (χ1v) is 11.7. The molecule has 2 aromatic rings. The molecule has 1 amide bonds. The summed E-state index contributed by atoms with van der Waals surface area (Å²) < 4.78 is 17.1. The van der Waals surface area contributed by atoms with Gasteiger partial charge in [-0.3, -0.25) is 4.79 Å². The molecule has 0 radical (unpaired) electrons. The van der Waals surface area contributed by atoms with Crippen LogP contribution in [0, 0.1) is 0 Å². The van der Waals surface area contributed by atoms with Crippen molar-refractivity contribution >= 4 is 22.2 Å². The second-order valence-corrected chi connectivity index (χ2v) is 9.00. The van der Waals surface area contributed by atoms with Gasteiger partial charge in [0.1, 0.15) is 0 Å². The molecular formula is C23H28N2O4S. The Kier molecular flexibility index (Phi) is 6.04. The zero-order valence-corrected chi connectivity index (χ0v) is 17.9. The fraction of sp³-hybridized carbons (Fsp3) is 0.522. The van der Waals surface area contributed by atoms with Crippen LogP contribution in [0.4, 0.5) is 5.00 Å². The van der Waals surface area contributed by atoms with Gasteiger partial charge in [-0.25, -0.2) is 0 Å². The van der Waals surface area contributed by atoms with Crippen molar-refractivity contribution in [3.63, 3.8) is 0 Å². The van der Waals surface area contributed by atoms with E-state index in [1.54, 1.807) is 11.3 Å². The van der Waals surface area contributed by atoms with Crippen molar-refractivity contribution < 1.29 is 19.0 Å². The van der Waals surface area contributed by atoms with E-state index in [1.807, 2.05) is 23.1 Å². The van der Waals surface area contributed by atoms with Crippen LogP contribution in [0.15, 0.2) is 36.4 Å². The number of amides is 1. The number of morpholine rings is 1. The first-order chi connectivity index (χ1) is 14.8. The maximum absolute atomic E-state index is 13.6. The molecule has 0 N–H and O–H groups in total. The van der Waals surface area contributed by atoms with Crippen LogP contribution in [0.2, 0.25) is 0 Å². The summed E-state index contributed by atoms with van der Waals surface area (Å²) in [7, 11) is 0. The Morgan fingerprint density at radius 1 is 0.967 bits per heavy atom. The SMILES string of the molecule is O=C(c1cc(-c2ccccc2)c(N2CCOCC2)s1)N1CCCCC1C1OCCO1. The van der Waals surface area contributed by atoms with Crippen LogP contribution in [-0.2, 0) is 14.2 Å². The van der Waals surface area contributed by atoms with Gasteiger partial charge in [-0.15, -0.1) is 11.3 Å². The van der Waals surface area contributed by atoms with Gasteiger partial charge in [0.2, 0.25) is 0 Å². The van der Waals surface area contributed by atoms with Crippen molar-refractivity contribution in [2.24, 2.45) is 0 Å². The highest BCUT2D eigenvalue weighted by Gasteiger charge is 2.37. The average molecular weight is 429 g/mol. The van der Waals surface area contributed by atoms with Crippen molar-refractivity contribution in [2.45, 2.75) is 31.6 Å². The summed E-state index contributed by atoms with van der Waals surface area (Å²) in [6.45, 7) is 5.13. The van der Waals surface area contributed by atoms with Gasteiger partial charge in [-0.2, -0.15) is 0 Å². The van der Waals surface area contributed by atoms with Crippen molar-refractivity contribution in [3.8, 4) is 11.1 Å². The van der Waals surface area contributed by atoms with E-state index < -0.39 is 0 Å². The molecule has 6 nitrogen and oxygen atoms in total. The second kappa shape index (κ2) is 9.06. The van der Waals surface area contributed by atoms with Gasteiger partial charge >= 0.3 is 0 Å². The largest absolute Gasteiger partial charge is 0.378 e. The zero-order chi connectivity index (χ0) is 20.3. The van der Waals surface area contributed by atoms with Crippen molar-refractivity contribution in [2.75, 3.05) is 51.0 Å². The highest BCUT2D eigenvalue weighted by atomic mass is 32.1. The molecule has 0 aliphatic carbocycles. The summed E-state index contributed by atoms with van der Waals surface area (Å²) >= 11 is 1.60. The lowest BCUT2D eigenvalue weighted by Gasteiger charge is -2.37. The van der Waals surface area contributed by atoms with E-state index in [0.29, 0.717) is 13.2 Å². The van der Waals surface area contributed by atoms with Crippen molar-refractivity contribution in [1.29, 1.82) is 0 Å². The van der Waals surface area contributed by atoms with Crippen LogP contribution in [0.1, 0.15) is 28.9 Å². The molecule has 160 valence electrons. The van der Waals surface area contributed by atoms with Crippen LogP contribution in [0.5, 0.6) is 0 Å². The Morgan fingerprint density at radius 2 is 1.73 bits per heavy atom. The number of hydrogen-bond acceptors (Lipinski definition) is 6. The molecular weight excluding hydrogens is 400 g/mol. The summed E-state index contributed by atoms with van der Waals surface area (Å²) in [4.78, 5) is 18.8. The topological polar surface area (TPSA) is 51.2 Å². The molecule has 1 atom stereocenters. The lowest BCUT2D eigenvalue weighted by atomic mass is 10.0. The molecule has 3 saturated heterocycles. The highest BCUT2D eigenvalue weighted by Crippen LogP contribution is 2.40. The van der Waals surface area contributed by atoms with Gasteiger partial charge in [-0.1, -0.05) is 30.3 Å². The molecule has 3 aliphatic heterocycles. The smallest absolute Gasteiger partial charge is 0.264 e. The number of likely N-dealkylation sites (tertiary alicyclic amines) is 1. The normalized spacial score (nSPS) is 23.1. The Bertz CT molecular complexity index is 859. The molecule has 0 bridgehead atoms. The summed E-state index contributed by atoms with van der Waals surface area (Å²) in [5.41, 5.74) is 2.28. The monoisotopic (exact) mass is 428 g/mol. The summed E-state index contributed by atoms with van der Waals surface area (Å²) in [5.74, 6) is 0.0977. The molecule has 1 aromatic carbocycles. The average Bonchev–Trinajstić information content (AvgIpc) is 3.50. The molecule has 3 fully saturated rings. The predicted molar refractivity (Wildman–Crippen MR) is 117 cm³/mol. The maximum Gasteiger partial charge on any atom is 0.264 e. The Labute approximate surface area is 181 Å². The van der Waals surface area contributed by atoms with Gasteiger partial charge < -0.3 is 24.0 Å². The van der Waals surface area contributed by atoms with E-state index >= 15 is 0 Å². The second-order valence-electron chi connectivity index (χ2n) is 7.97. The van der Waals surface area contributed by atoms with Crippen LogP contribution in [0.3, 0.4) is 0 Å². The highest BCUT2D eigenvalue weighted by molar-refractivity contribution is 7.18. The molecule has 0 spiro atoms. The maximum atomic E-state index is 13.6. The quantitative estimate of drug-likeness (QED) is 0.745. The third-order valence-corrected chi connectivity index (χ3v) is 7.26. The number of anilines is 1. The molecule has 4 heterocycles. The summed E-state index contributed by atoms with van der Waals surface area (Å²) in [6.07, 6.45) is 2.78. The summed E-state index contributed by atoms with van der Waals surface area (Å²) in [6, 6.07) is 12.4.